The first-order valence-electron chi connectivity index (χ1n) is 24.3. The number of benzene rings is 12. The van der Waals surface area contributed by atoms with Crippen LogP contribution in [0.5, 0.6) is 0 Å². The lowest BCUT2D eigenvalue weighted by Crippen LogP contribution is -2.36. The summed E-state index contributed by atoms with van der Waals surface area (Å²) in [6, 6.07) is 91.9. The highest BCUT2D eigenvalue weighted by atomic mass is 15.2. The fourth-order valence-electron chi connectivity index (χ4n) is 12.7. The average molecular weight is 887 g/mol. The predicted octanol–water partition coefficient (Wildman–Crippen LogP) is 18.0. The monoisotopic (exact) mass is 886 g/mol. The molecule has 15 rings (SSSR count). The first kappa shape index (κ1) is 38.9. The minimum Gasteiger partial charge on any atom is -0.310 e. The van der Waals surface area contributed by atoms with Gasteiger partial charge in [-0.25, -0.2) is 0 Å². The molecule has 0 saturated carbocycles. The Labute approximate surface area is 406 Å². The van der Waals surface area contributed by atoms with E-state index in [1.807, 2.05) is 0 Å². The van der Waals surface area contributed by atoms with Gasteiger partial charge in [-0.3, -0.25) is 4.98 Å². The van der Waals surface area contributed by atoms with Crippen LogP contribution in [0, 0.1) is 0 Å². The van der Waals surface area contributed by atoms with Crippen molar-refractivity contribution in [1.82, 2.24) is 4.98 Å². The van der Waals surface area contributed by atoms with Gasteiger partial charge in [0.15, 0.2) is 0 Å². The van der Waals surface area contributed by atoms with E-state index in [0.29, 0.717) is 0 Å². The lowest BCUT2D eigenvalue weighted by molar-refractivity contribution is 0.752. The highest BCUT2D eigenvalue weighted by molar-refractivity contribution is 6.27. The quantitative estimate of drug-likeness (QED) is 0.129. The molecule has 13 aromatic rings. The Morgan fingerprint density at radius 2 is 0.729 bits per heavy atom. The number of anilines is 3. The van der Waals surface area contributed by atoms with Crippen LogP contribution in [0.1, 0.15) is 22.3 Å². The molecular formula is C68H42N2. The second kappa shape index (κ2) is 14.9. The number of nitrogens with zero attached hydrogens (tertiary/aromatic N) is 2. The highest BCUT2D eigenvalue weighted by Gasteiger charge is 2.51. The number of fused-ring (bicyclic) bond motifs is 17. The van der Waals surface area contributed by atoms with Gasteiger partial charge in [-0.05, 0) is 146 Å². The Kier molecular flexibility index (Phi) is 8.31. The van der Waals surface area contributed by atoms with Crippen LogP contribution in [0.4, 0.5) is 17.1 Å². The third kappa shape index (κ3) is 5.36. The van der Waals surface area contributed by atoms with Crippen LogP contribution in [0.2, 0.25) is 0 Å². The summed E-state index contributed by atoms with van der Waals surface area (Å²) in [4.78, 5) is 7.74. The topological polar surface area (TPSA) is 16.1 Å². The van der Waals surface area contributed by atoms with Gasteiger partial charge >= 0.3 is 0 Å². The summed E-state index contributed by atoms with van der Waals surface area (Å²) >= 11 is 0. The summed E-state index contributed by atoms with van der Waals surface area (Å²) in [5.41, 5.74) is 17.6. The fraction of sp³-hybridized carbons (Fsp3) is 0.0147. The van der Waals surface area contributed by atoms with Crippen LogP contribution < -0.4 is 4.90 Å². The maximum Gasteiger partial charge on any atom is 0.0754 e. The van der Waals surface area contributed by atoms with Crippen molar-refractivity contribution in [1.29, 1.82) is 0 Å². The number of hydrogen-bond donors (Lipinski definition) is 0. The van der Waals surface area contributed by atoms with Gasteiger partial charge in [0.05, 0.1) is 22.5 Å². The van der Waals surface area contributed by atoms with E-state index in [-0.39, 0.29) is 0 Å². The summed E-state index contributed by atoms with van der Waals surface area (Å²) in [5, 5.41) is 12.6. The Bertz CT molecular complexity index is 4160. The molecule has 0 radical (unpaired) electrons. The molecule has 0 fully saturated rings. The molecule has 0 atom stereocenters. The molecule has 2 aliphatic rings. The van der Waals surface area contributed by atoms with Crippen molar-refractivity contribution in [3.8, 4) is 44.6 Å². The van der Waals surface area contributed by atoms with E-state index < -0.39 is 5.41 Å². The van der Waals surface area contributed by atoms with Crippen LogP contribution >= 0.6 is 0 Å². The summed E-state index contributed by atoms with van der Waals surface area (Å²) in [6.45, 7) is 0. The van der Waals surface area contributed by atoms with E-state index in [1.165, 1.54) is 115 Å². The standard InChI is InChI=1S/C68H42N2/c1-2-18-46(19-3-1)70-64-32-16-14-30-61(64)68(62-31-15-17-33-65(62)70)59-29-13-12-24-52(59)58-40-43(35-38-60(58)68)63-39-36-45(42-69-63)67-55-27-10-8-25-53(55)66(54-26-9-11-28-56(54)67)44-34-37-51-49-22-5-4-20-47(49)48-21-6-7-23-50(48)57(51)41-44/h1-42H. The Balaban J connectivity index is 0.871. The van der Waals surface area contributed by atoms with E-state index >= 15 is 0 Å². The smallest absolute Gasteiger partial charge is 0.0754 e. The maximum absolute atomic E-state index is 5.30. The number of rotatable bonds is 4. The van der Waals surface area contributed by atoms with Gasteiger partial charge in [0.2, 0.25) is 0 Å². The second-order valence-electron chi connectivity index (χ2n) is 18.9. The van der Waals surface area contributed by atoms with Crippen LogP contribution in [-0.4, -0.2) is 4.98 Å². The minimum absolute atomic E-state index is 0.497. The number of pyridine rings is 1. The van der Waals surface area contributed by atoms with Gasteiger partial charge in [-0.2, -0.15) is 0 Å². The normalized spacial score (nSPS) is 13.2. The minimum atomic E-state index is -0.497. The summed E-state index contributed by atoms with van der Waals surface area (Å²) < 4.78 is 0. The molecule has 70 heavy (non-hydrogen) atoms. The van der Waals surface area contributed by atoms with Crippen molar-refractivity contribution in [3.05, 3.63) is 277 Å². The molecule has 0 N–H and O–H groups in total. The molecule has 1 aromatic heterocycles. The molecule has 2 nitrogen and oxygen atoms in total. The van der Waals surface area contributed by atoms with Crippen molar-refractivity contribution in [3.63, 3.8) is 0 Å². The predicted molar refractivity (Wildman–Crippen MR) is 294 cm³/mol. The second-order valence-corrected chi connectivity index (χ2v) is 18.9. The zero-order valence-corrected chi connectivity index (χ0v) is 38.1. The molecular weight excluding hydrogens is 845 g/mol. The van der Waals surface area contributed by atoms with E-state index in [1.54, 1.807) is 0 Å². The first-order valence-corrected chi connectivity index (χ1v) is 24.3. The fourth-order valence-corrected chi connectivity index (χ4v) is 12.7. The molecule has 1 spiro atoms. The van der Waals surface area contributed by atoms with Crippen LogP contribution in [0.3, 0.4) is 0 Å². The summed E-state index contributed by atoms with van der Waals surface area (Å²) in [5.74, 6) is 0. The summed E-state index contributed by atoms with van der Waals surface area (Å²) in [7, 11) is 0. The number of aromatic nitrogens is 1. The van der Waals surface area contributed by atoms with Crippen molar-refractivity contribution < 1.29 is 0 Å². The van der Waals surface area contributed by atoms with E-state index in [9.17, 15) is 0 Å². The first-order chi connectivity index (χ1) is 34.8. The zero-order chi connectivity index (χ0) is 45.9. The molecule has 1 aliphatic heterocycles. The molecule has 324 valence electrons. The molecule has 1 aliphatic carbocycles. The third-order valence-electron chi connectivity index (χ3n) is 15.5. The van der Waals surface area contributed by atoms with Crippen LogP contribution in [-0.2, 0) is 5.41 Å². The maximum atomic E-state index is 5.30. The molecule has 0 amide bonds. The van der Waals surface area contributed by atoms with Crippen molar-refractivity contribution >= 4 is 70.9 Å². The Morgan fingerprint density at radius 1 is 0.286 bits per heavy atom. The van der Waals surface area contributed by atoms with Crippen molar-refractivity contribution in [2.45, 2.75) is 5.41 Å². The van der Waals surface area contributed by atoms with E-state index in [0.717, 1.165) is 22.5 Å². The lowest BCUT2D eigenvalue weighted by atomic mass is 9.64. The molecule has 2 heteroatoms. The van der Waals surface area contributed by atoms with Crippen molar-refractivity contribution in [2.75, 3.05) is 4.90 Å². The van der Waals surface area contributed by atoms with Crippen LogP contribution in [0.25, 0.3) is 98.5 Å². The summed E-state index contributed by atoms with van der Waals surface area (Å²) in [6.07, 6.45) is 2.09. The SMILES string of the molecule is c1ccc(N2c3ccccc3C3(c4ccccc4-c4cc(-c5ccc(-c6c7ccccc7c(-c7ccc8c9ccccc9c9ccccc9c8c7)c7ccccc67)cn5)ccc43)c3ccccc32)cc1. The molecule has 0 saturated heterocycles. The Morgan fingerprint density at radius 3 is 1.31 bits per heavy atom. The van der Waals surface area contributed by atoms with Gasteiger partial charge < -0.3 is 4.90 Å². The molecule has 0 unspecified atom stereocenters. The Hall–Kier alpha value is -9.11. The molecule has 2 heterocycles. The largest absolute Gasteiger partial charge is 0.310 e. The van der Waals surface area contributed by atoms with Gasteiger partial charge in [0.25, 0.3) is 0 Å². The van der Waals surface area contributed by atoms with Crippen LogP contribution in [0.15, 0.2) is 255 Å². The lowest BCUT2D eigenvalue weighted by Gasteiger charge is -2.45. The van der Waals surface area contributed by atoms with Gasteiger partial charge in [-0.1, -0.05) is 206 Å². The number of hydrogen-bond acceptors (Lipinski definition) is 2. The van der Waals surface area contributed by atoms with Gasteiger partial charge in [0.1, 0.15) is 0 Å². The van der Waals surface area contributed by atoms with Gasteiger partial charge in [0, 0.05) is 23.0 Å². The average Bonchev–Trinajstić information content (AvgIpc) is 3.73. The molecule has 0 bridgehead atoms. The third-order valence-corrected chi connectivity index (χ3v) is 15.5. The molecule has 12 aromatic carbocycles. The zero-order valence-electron chi connectivity index (χ0n) is 38.1. The van der Waals surface area contributed by atoms with Crippen molar-refractivity contribution in [2.24, 2.45) is 0 Å². The van der Waals surface area contributed by atoms with Gasteiger partial charge in [-0.15, -0.1) is 0 Å². The van der Waals surface area contributed by atoms with E-state index in [2.05, 4.69) is 260 Å². The highest BCUT2D eigenvalue weighted by Crippen LogP contribution is 2.63. The number of para-hydroxylation sites is 3. The van der Waals surface area contributed by atoms with E-state index in [4.69, 9.17) is 4.98 Å².